The third kappa shape index (κ3) is 6.78. The van der Waals surface area contributed by atoms with Crippen LogP contribution in [-0.2, 0) is 27.5 Å². The molecule has 0 aliphatic carbocycles. The first kappa shape index (κ1) is 26.8. The largest absolute Gasteiger partial charge is 0.760 e. The minimum atomic E-state index is -4.67. The van der Waals surface area contributed by atoms with Gasteiger partial charge in [0.2, 0.25) is 0 Å². The van der Waals surface area contributed by atoms with E-state index in [9.17, 15) is 26.4 Å². The fourth-order valence-electron chi connectivity index (χ4n) is 2.37. The third-order valence-electron chi connectivity index (χ3n) is 3.72. The molecule has 3 aromatic rings. The first-order valence-corrected chi connectivity index (χ1v) is 11.5. The van der Waals surface area contributed by atoms with Crippen LogP contribution in [-0.4, -0.2) is 39.6 Å². The van der Waals surface area contributed by atoms with Crippen LogP contribution in [0.25, 0.3) is 5.65 Å². The second kappa shape index (κ2) is 10.2. The standard InChI is InChI=1S/C16H10Cl2F3N3O4S.H3NO2S/c1-28-9-2-3-10(17)13(5-9)29(26,27)23-15(25)12-7-24-6-8(16(19,20)21)4-11(18)14(24)22-12;1-4(2)3/h2-7H,1H3,(H,23,25);1H2,(H,2,3)/p-1. The van der Waals surface area contributed by atoms with Gasteiger partial charge in [-0.05, 0) is 18.2 Å². The van der Waals surface area contributed by atoms with Crippen molar-refractivity contribution in [1.29, 1.82) is 0 Å². The normalized spacial score (nSPS) is 12.6. The van der Waals surface area contributed by atoms with Crippen LogP contribution in [0.15, 0.2) is 41.6 Å². The number of methoxy groups -OCH3 is 1. The second-order valence-electron chi connectivity index (χ2n) is 5.92. The molecule has 0 aliphatic rings. The summed E-state index contributed by atoms with van der Waals surface area (Å²) in [4.78, 5) is 15.7. The number of fused-ring (bicyclic) bond motifs is 1. The summed E-state index contributed by atoms with van der Waals surface area (Å²) in [7, 11) is -3.11. The number of pyridine rings is 1. The van der Waals surface area contributed by atoms with E-state index in [4.69, 9.17) is 36.7 Å². The number of ether oxygens (including phenoxy) is 1. The SMILES string of the molecule is COc1ccc(Cl)c(S(=O)(=O)NC(=O)c2cn3cc(C(F)(F)F)cc(Cl)c3n2)c1.NS(=O)[O-]. The Morgan fingerprint density at radius 1 is 1.24 bits per heavy atom. The highest BCUT2D eigenvalue weighted by Crippen LogP contribution is 2.32. The lowest BCUT2D eigenvalue weighted by Crippen LogP contribution is -2.31. The van der Waals surface area contributed by atoms with E-state index in [1.165, 1.54) is 19.2 Å². The van der Waals surface area contributed by atoms with E-state index < -0.39 is 49.5 Å². The Morgan fingerprint density at radius 2 is 1.85 bits per heavy atom. The minimum absolute atomic E-state index is 0.151. The molecule has 1 unspecified atom stereocenters. The summed E-state index contributed by atoms with van der Waals surface area (Å²) in [5.74, 6) is -1.00. The summed E-state index contributed by atoms with van der Waals surface area (Å²) in [5, 5.41) is 3.50. The maximum absolute atomic E-state index is 12.9. The number of amides is 1. The van der Waals surface area contributed by atoms with Crippen molar-refractivity contribution in [2.24, 2.45) is 5.14 Å². The Labute approximate surface area is 196 Å². The zero-order chi connectivity index (χ0) is 25.1. The van der Waals surface area contributed by atoms with Gasteiger partial charge < -0.3 is 13.7 Å². The van der Waals surface area contributed by atoms with Gasteiger partial charge in [-0.1, -0.05) is 23.2 Å². The number of carbonyl (C=O) groups is 1. The first-order valence-electron chi connectivity index (χ1n) is 8.15. The Morgan fingerprint density at radius 3 is 2.39 bits per heavy atom. The summed E-state index contributed by atoms with van der Waals surface area (Å²) < 4.78 is 88.8. The van der Waals surface area contributed by atoms with Crippen LogP contribution in [0.1, 0.15) is 16.1 Å². The molecule has 3 N–H and O–H groups in total. The van der Waals surface area contributed by atoms with E-state index in [0.717, 1.165) is 16.7 Å². The predicted octanol–water partition coefficient (Wildman–Crippen LogP) is 2.53. The van der Waals surface area contributed by atoms with Gasteiger partial charge in [0.25, 0.3) is 15.9 Å². The fourth-order valence-corrected chi connectivity index (χ4v) is 4.10. The van der Waals surface area contributed by atoms with Crippen molar-refractivity contribution in [2.75, 3.05) is 7.11 Å². The Hall–Kier alpha value is -2.43. The number of aromatic nitrogens is 2. The zero-order valence-electron chi connectivity index (χ0n) is 16.1. The van der Waals surface area contributed by atoms with Crippen molar-refractivity contribution < 1.29 is 39.9 Å². The van der Waals surface area contributed by atoms with E-state index >= 15 is 0 Å². The Kier molecular flexibility index (Phi) is 8.32. The lowest BCUT2D eigenvalue weighted by Gasteiger charge is -2.09. The molecule has 0 aliphatic heterocycles. The number of nitrogens with one attached hydrogen (secondary N) is 1. The Bertz CT molecular complexity index is 1330. The van der Waals surface area contributed by atoms with Crippen LogP contribution in [0, 0.1) is 0 Å². The number of nitrogens with zero attached hydrogens (tertiary/aromatic N) is 2. The smallest absolute Gasteiger partial charge is 0.417 e. The van der Waals surface area contributed by atoms with Gasteiger partial charge >= 0.3 is 6.18 Å². The summed E-state index contributed by atoms with van der Waals surface area (Å²) in [6.45, 7) is 0. The van der Waals surface area contributed by atoms with E-state index in [2.05, 4.69) is 10.1 Å². The molecule has 2 heterocycles. The van der Waals surface area contributed by atoms with Gasteiger partial charge in [0, 0.05) is 29.7 Å². The molecule has 0 saturated carbocycles. The van der Waals surface area contributed by atoms with Crippen LogP contribution in [0.3, 0.4) is 0 Å². The van der Waals surface area contributed by atoms with Crippen LogP contribution in [0.2, 0.25) is 10.0 Å². The predicted molar refractivity (Wildman–Crippen MR) is 111 cm³/mol. The molecule has 0 bridgehead atoms. The number of nitrogens with two attached hydrogens (primary N) is 1. The second-order valence-corrected chi connectivity index (χ2v) is 8.91. The number of imidazole rings is 1. The van der Waals surface area contributed by atoms with Crippen molar-refractivity contribution in [3.8, 4) is 5.75 Å². The lowest BCUT2D eigenvalue weighted by atomic mass is 10.3. The highest BCUT2D eigenvalue weighted by atomic mass is 35.5. The summed E-state index contributed by atoms with van der Waals surface area (Å²) in [6, 6.07) is 4.45. The number of halogens is 5. The topological polar surface area (TPSA) is 156 Å². The molecular weight excluding hydrogens is 536 g/mol. The molecule has 0 radical (unpaired) electrons. The number of alkyl halides is 3. The van der Waals surface area contributed by atoms with Gasteiger partial charge in [-0.25, -0.2) is 18.1 Å². The molecule has 0 fully saturated rings. The summed E-state index contributed by atoms with van der Waals surface area (Å²) >= 11 is 9.33. The number of benzene rings is 1. The lowest BCUT2D eigenvalue weighted by molar-refractivity contribution is -0.137. The highest BCUT2D eigenvalue weighted by Gasteiger charge is 2.32. The molecule has 17 heteroatoms. The first-order chi connectivity index (χ1) is 15.2. The van der Waals surface area contributed by atoms with E-state index in [-0.39, 0.29) is 21.4 Å². The fraction of sp³-hybridized carbons (Fsp3) is 0.125. The summed E-state index contributed by atoms with van der Waals surface area (Å²) in [6.07, 6.45) is -3.07. The van der Waals surface area contributed by atoms with E-state index in [0.29, 0.717) is 12.3 Å². The summed E-state index contributed by atoms with van der Waals surface area (Å²) in [5.41, 5.74) is -1.68. The zero-order valence-corrected chi connectivity index (χ0v) is 19.2. The van der Waals surface area contributed by atoms with Gasteiger partial charge in [-0.3, -0.25) is 14.1 Å². The molecule has 1 atom stereocenters. The average molecular weight is 548 g/mol. The van der Waals surface area contributed by atoms with Crippen LogP contribution < -0.4 is 14.6 Å². The third-order valence-corrected chi connectivity index (χ3v) is 5.81. The van der Waals surface area contributed by atoms with Crippen molar-refractivity contribution in [3.05, 3.63) is 58.0 Å². The van der Waals surface area contributed by atoms with Gasteiger partial charge in [0.15, 0.2) is 5.65 Å². The highest BCUT2D eigenvalue weighted by molar-refractivity contribution is 7.90. The molecule has 0 spiro atoms. The van der Waals surface area contributed by atoms with Gasteiger partial charge in [-0.15, -0.1) is 0 Å². The number of hydrogen-bond acceptors (Lipinski definition) is 7. The van der Waals surface area contributed by atoms with Crippen LogP contribution in [0.5, 0.6) is 5.75 Å². The molecule has 180 valence electrons. The molecule has 1 aromatic carbocycles. The van der Waals surface area contributed by atoms with E-state index in [1.54, 1.807) is 4.72 Å². The van der Waals surface area contributed by atoms with Crippen molar-refractivity contribution in [2.45, 2.75) is 11.1 Å². The Balaban J connectivity index is 0.000000890. The molecular formula is C16H12Cl2F3N4O6S2-. The van der Waals surface area contributed by atoms with Gasteiger partial charge in [0.05, 0.1) is 22.7 Å². The van der Waals surface area contributed by atoms with Crippen molar-refractivity contribution in [1.82, 2.24) is 14.1 Å². The van der Waals surface area contributed by atoms with E-state index in [1.807, 2.05) is 0 Å². The number of carbonyl (C=O) groups excluding carboxylic acids is 1. The van der Waals surface area contributed by atoms with Crippen molar-refractivity contribution in [3.63, 3.8) is 0 Å². The molecule has 2 aromatic heterocycles. The molecule has 33 heavy (non-hydrogen) atoms. The maximum Gasteiger partial charge on any atom is 0.417 e. The number of rotatable bonds is 4. The average Bonchev–Trinajstić information content (AvgIpc) is 3.12. The quantitative estimate of drug-likeness (QED) is 0.475. The van der Waals surface area contributed by atoms with Gasteiger partial charge in [0.1, 0.15) is 16.3 Å². The molecule has 0 saturated heterocycles. The van der Waals surface area contributed by atoms with Crippen molar-refractivity contribution >= 4 is 56.0 Å². The van der Waals surface area contributed by atoms with Crippen LogP contribution in [0.4, 0.5) is 13.2 Å². The number of hydrogen-bond donors (Lipinski definition) is 2. The van der Waals surface area contributed by atoms with Crippen LogP contribution >= 0.6 is 23.2 Å². The van der Waals surface area contributed by atoms with Gasteiger partial charge in [-0.2, -0.15) is 13.2 Å². The minimum Gasteiger partial charge on any atom is -0.760 e. The maximum atomic E-state index is 12.9. The molecule has 10 nitrogen and oxygen atoms in total. The number of sulfonamides is 1. The molecule has 3 rings (SSSR count). The monoisotopic (exact) mass is 547 g/mol. The molecule has 1 amide bonds.